The minimum absolute atomic E-state index is 0.0276. The van der Waals surface area contributed by atoms with E-state index in [-0.39, 0.29) is 11.6 Å². The second kappa shape index (κ2) is 7.51. The number of nitrogens with zero attached hydrogens (tertiary/aromatic N) is 4. The van der Waals surface area contributed by atoms with Gasteiger partial charge in [-0.25, -0.2) is 4.68 Å². The van der Waals surface area contributed by atoms with Gasteiger partial charge in [0.25, 0.3) is 11.8 Å². The van der Waals surface area contributed by atoms with E-state index in [9.17, 15) is 18.4 Å². The maximum absolute atomic E-state index is 12.6. The van der Waals surface area contributed by atoms with Crippen molar-refractivity contribution in [3.05, 3.63) is 47.8 Å². The summed E-state index contributed by atoms with van der Waals surface area (Å²) >= 11 is 0. The van der Waals surface area contributed by atoms with E-state index in [0.717, 1.165) is 6.20 Å². The molecular formula is C17H18F2N4O3. The molecule has 0 unspecified atom stereocenters. The van der Waals surface area contributed by atoms with Crippen molar-refractivity contribution in [3.8, 4) is 5.75 Å². The third-order valence-corrected chi connectivity index (χ3v) is 4.22. The Morgan fingerprint density at radius 1 is 1.00 bits per heavy atom. The number of carbonyl (C=O) groups excluding carboxylic acids is 2. The van der Waals surface area contributed by atoms with Crippen LogP contribution < -0.4 is 4.74 Å². The molecule has 2 amide bonds. The van der Waals surface area contributed by atoms with Gasteiger partial charge < -0.3 is 14.5 Å². The summed E-state index contributed by atoms with van der Waals surface area (Å²) in [5.74, 6) is 0.128. The molecule has 3 rings (SSSR count). The van der Waals surface area contributed by atoms with E-state index in [1.54, 1.807) is 36.3 Å². The number of aromatic nitrogens is 2. The molecule has 0 spiro atoms. The van der Waals surface area contributed by atoms with E-state index >= 15 is 0 Å². The number of carbonyl (C=O) groups is 2. The van der Waals surface area contributed by atoms with Gasteiger partial charge in [-0.15, -0.1) is 0 Å². The standard InChI is InChI=1S/C17H18F2N4O3/c1-26-13-4-2-12(3-5-13)15(24)21-8-10-22(11-9-21)16(25)14-6-7-23(20-14)17(18)19/h2-7,17H,8-11H2,1H3. The fourth-order valence-corrected chi connectivity index (χ4v) is 2.75. The first-order valence-electron chi connectivity index (χ1n) is 8.05. The summed E-state index contributed by atoms with van der Waals surface area (Å²) in [6.07, 6.45) is 1.07. The molecule has 1 aliphatic heterocycles. The smallest absolute Gasteiger partial charge is 0.333 e. The first-order valence-corrected chi connectivity index (χ1v) is 8.05. The summed E-state index contributed by atoms with van der Waals surface area (Å²) < 4.78 is 30.6. The highest BCUT2D eigenvalue weighted by molar-refractivity contribution is 5.95. The zero-order chi connectivity index (χ0) is 18.7. The molecule has 0 N–H and O–H groups in total. The van der Waals surface area contributed by atoms with Crippen molar-refractivity contribution >= 4 is 11.8 Å². The Balaban J connectivity index is 1.59. The second-order valence-corrected chi connectivity index (χ2v) is 5.77. The molecule has 2 heterocycles. The quantitative estimate of drug-likeness (QED) is 0.831. The van der Waals surface area contributed by atoms with Crippen LogP contribution in [0.5, 0.6) is 5.75 Å². The van der Waals surface area contributed by atoms with Crippen molar-refractivity contribution in [1.29, 1.82) is 0 Å². The van der Waals surface area contributed by atoms with Crippen molar-refractivity contribution in [2.24, 2.45) is 0 Å². The van der Waals surface area contributed by atoms with Gasteiger partial charge in [0.05, 0.1) is 7.11 Å². The maximum atomic E-state index is 12.6. The van der Waals surface area contributed by atoms with Crippen LogP contribution in [-0.2, 0) is 0 Å². The zero-order valence-electron chi connectivity index (χ0n) is 14.1. The van der Waals surface area contributed by atoms with Crippen LogP contribution in [0.2, 0.25) is 0 Å². The fraction of sp³-hybridized carbons (Fsp3) is 0.353. The Morgan fingerprint density at radius 2 is 1.58 bits per heavy atom. The summed E-state index contributed by atoms with van der Waals surface area (Å²) in [5, 5.41) is 3.59. The van der Waals surface area contributed by atoms with E-state index in [2.05, 4.69) is 5.10 Å². The zero-order valence-corrected chi connectivity index (χ0v) is 14.1. The minimum atomic E-state index is -2.78. The molecule has 1 aliphatic rings. The molecule has 1 fully saturated rings. The number of amides is 2. The number of halogens is 2. The molecular weight excluding hydrogens is 346 g/mol. The normalized spacial score (nSPS) is 14.6. The van der Waals surface area contributed by atoms with Gasteiger partial charge in [0, 0.05) is 37.9 Å². The molecule has 138 valence electrons. The molecule has 0 radical (unpaired) electrons. The number of rotatable bonds is 4. The van der Waals surface area contributed by atoms with Crippen molar-refractivity contribution in [3.63, 3.8) is 0 Å². The third-order valence-electron chi connectivity index (χ3n) is 4.22. The number of hydrogen-bond acceptors (Lipinski definition) is 4. The molecule has 0 atom stereocenters. The Morgan fingerprint density at radius 3 is 2.08 bits per heavy atom. The van der Waals surface area contributed by atoms with E-state index in [0.29, 0.717) is 42.2 Å². The molecule has 0 bridgehead atoms. The molecule has 1 saturated heterocycles. The number of alkyl halides is 2. The lowest BCUT2D eigenvalue weighted by Crippen LogP contribution is -2.50. The van der Waals surface area contributed by atoms with Crippen molar-refractivity contribution in [2.45, 2.75) is 6.55 Å². The van der Waals surface area contributed by atoms with E-state index in [1.807, 2.05) is 0 Å². The fourth-order valence-electron chi connectivity index (χ4n) is 2.75. The lowest BCUT2D eigenvalue weighted by atomic mass is 10.1. The predicted octanol–water partition coefficient (Wildman–Crippen LogP) is 1.89. The van der Waals surface area contributed by atoms with E-state index in [4.69, 9.17) is 4.74 Å². The van der Waals surface area contributed by atoms with Gasteiger partial charge in [0.15, 0.2) is 5.69 Å². The lowest BCUT2D eigenvalue weighted by Gasteiger charge is -2.34. The number of hydrogen-bond donors (Lipinski definition) is 0. The Labute approximate surface area is 148 Å². The average molecular weight is 364 g/mol. The van der Waals surface area contributed by atoms with Crippen LogP contribution in [0, 0.1) is 0 Å². The third kappa shape index (κ3) is 3.66. The topological polar surface area (TPSA) is 67.7 Å². The van der Waals surface area contributed by atoms with Crippen molar-refractivity contribution in [2.75, 3.05) is 33.3 Å². The molecule has 0 saturated carbocycles. The van der Waals surface area contributed by atoms with Crippen LogP contribution in [-0.4, -0.2) is 64.7 Å². The van der Waals surface area contributed by atoms with Crippen molar-refractivity contribution in [1.82, 2.24) is 19.6 Å². The number of ether oxygens (including phenoxy) is 1. The Hall–Kier alpha value is -2.97. The molecule has 26 heavy (non-hydrogen) atoms. The number of piperazine rings is 1. The maximum Gasteiger partial charge on any atom is 0.333 e. The summed E-state index contributed by atoms with van der Waals surface area (Å²) in [6, 6.07) is 8.08. The van der Waals surface area contributed by atoms with E-state index in [1.165, 1.54) is 11.0 Å². The summed E-state index contributed by atoms with van der Waals surface area (Å²) in [5.41, 5.74) is 0.515. The Kier molecular flexibility index (Phi) is 5.15. The first-order chi connectivity index (χ1) is 12.5. The summed E-state index contributed by atoms with van der Waals surface area (Å²) in [4.78, 5) is 28.0. The summed E-state index contributed by atoms with van der Waals surface area (Å²) in [6.45, 7) is -1.40. The highest BCUT2D eigenvalue weighted by Gasteiger charge is 2.27. The molecule has 1 aromatic heterocycles. The first kappa shape index (κ1) is 17.8. The molecule has 0 aliphatic carbocycles. The number of benzene rings is 1. The van der Waals surface area contributed by atoms with Gasteiger partial charge in [-0.2, -0.15) is 13.9 Å². The van der Waals surface area contributed by atoms with Gasteiger partial charge in [-0.05, 0) is 30.3 Å². The molecule has 2 aromatic rings. The van der Waals surface area contributed by atoms with Crippen LogP contribution in [0.1, 0.15) is 27.4 Å². The van der Waals surface area contributed by atoms with Gasteiger partial charge in [-0.3, -0.25) is 9.59 Å². The van der Waals surface area contributed by atoms with Gasteiger partial charge in [0.1, 0.15) is 5.75 Å². The van der Waals surface area contributed by atoms with Crippen LogP contribution in [0.25, 0.3) is 0 Å². The van der Waals surface area contributed by atoms with Gasteiger partial charge in [0.2, 0.25) is 0 Å². The number of methoxy groups -OCH3 is 1. The Bertz CT molecular complexity index is 784. The van der Waals surface area contributed by atoms with Crippen molar-refractivity contribution < 1.29 is 23.1 Å². The predicted molar refractivity (Wildman–Crippen MR) is 88.3 cm³/mol. The van der Waals surface area contributed by atoms with Crippen LogP contribution in [0.4, 0.5) is 8.78 Å². The monoisotopic (exact) mass is 364 g/mol. The van der Waals surface area contributed by atoms with Crippen LogP contribution >= 0.6 is 0 Å². The van der Waals surface area contributed by atoms with E-state index < -0.39 is 12.5 Å². The molecule has 9 heteroatoms. The minimum Gasteiger partial charge on any atom is -0.497 e. The largest absolute Gasteiger partial charge is 0.497 e. The summed E-state index contributed by atoms with van der Waals surface area (Å²) in [7, 11) is 1.55. The van der Waals surface area contributed by atoms with Gasteiger partial charge in [-0.1, -0.05) is 0 Å². The molecule has 7 nitrogen and oxygen atoms in total. The molecule has 1 aromatic carbocycles. The SMILES string of the molecule is COc1ccc(C(=O)N2CCN(C(=O)c3ccn(C(F)F)n3)CC2)cc1. The highest BCUT2D eigenvalue weighted by Crippen LogP contribution is 2.16. The van der Waals surface area contributed by atoms with Crippen LogP contribution in [0.3, 0.4) is 0 Å². The second-order valence-electron chi connectivity index (χ2n) is 5.77. The average Bonchev–Trinajstić information content (AvgIpc) is 3.17. The lowest BCUT2D eigenvalue weighted by molar-refractivity contribution is 0.0501. The van der Waals surface area contributed by atoms with Crippen LogP contribution in [0.15, 0.2) is 36.5 Å². The highest BCUT2D eigenvalue weighted by atomic mass is 19.3. The van der Waals surface area contributed by atoms with Gasteiger partial charge >= 0.3 is 6.55 Å².